The minimum absolute atomic E-state index is 0.101. The van der Waals surface area contributed by atoms with Crippen LogP contribution in [-0.2, 0) is 13.0 Å². The van der Waals surface area contributed by atoms with E-state index < -0.39 is 5.91 Å². The maximum absolute atomic E-state index is 14.5. The minimum atomic E-state index is -0.651. The number of rotatable bonds is 5. The highest BCUT2D eigenvalue weighted by atomic mass is 19.1. The number of hydrogen-bond donors (Lipinski definition) is 2. The molecule has 1 aliphatic heterocycles. The van der Waals surface area contributed by atoms with Crippen LogP contribution in [0.15, 0.2) is 37.1 Å². The number of nitrogens with one attached hydrogen (secondary N) is 1. The van der Waals surface area contributed by atoms with E-state index in [0.717, 1.165) is 11.3 Å². The van der Waals surface area contributed by atoms with E-state index in [1.807, 2.05) is 13.1 Å². The predicted molar refractivity (Wildman–Crippen MR) is 106 cm³/mol. The van der Waals surface area contributed by atoms with Crippen molar-refractivity contribution >= 4 is 17.5 Å². The molecular weight excluding hydrogens is 389 g/mol. The molecule has 4 heterocycles. The summed E-state index contributed by atoms with van der Waals surface area (Å²) in [4.78, 5) is 24.7. The van der Waals surface area contributed by atoms with Gasteiger partial charge in [0.2, 0.25) is 5.95 Å². The molecule has 9 nitrogen and oxygen atoms in total. The van der Waals surface area contributed by atoms with E-state index in [-0.39, 0.29) is 18.1 Å². The fraction of sp³-hybridized carbons (Fsp3) is 0.200. The fourth-order valence-electron chi connectivity index (χ4n) is 3.62. The Morgan fingerprint density at radius 3 is 2.97 bits per heavy atom. The number of carbonyl (C=O) groups is 1. The highest BCUT2D eigenvalue weighted by Crippen LogP contribution is 2.30. The summed E-state index contributed by atoms with van der Waals surface area (Å²) in [6.07, 6.45) is 7.25. The van der Waals surface area contributed by atoms with Crippen LogP contribution in [0.4, 0.5) is 10.3 Å². The summed E-state index contributed by atoms with van der Waals surface area (Å²) in [5.41, 5.74) is 8.85. The Hall–Kier alpha value is -3.95. The van der Waals surface area contributed by atoms with Gasteiger partial charge in [-0.3, -0.25) is 9.20 Å². The SMILES string of the molecule is Cc1cn(-c2cnc(NCc3c(F)ccc4c3CCO4)n3cc(C(N)=O)nc23)cn1. The second-order valence-electron chi connectivity index (χ2n) is 7.03. The number of primary amides is 1. The van der Waals surface area contributed by atoms with E-state index in [2.05, 4.69) is 20.3 Å². The van der Waals surface area contributed by atoms with Gasteiger partial charge < -0.3 is 20.4 Å². The van der Waals surface area contributed by atoms with Crippen LogP contribution in [0, 0.1) is 12.7 Å². The third-order valence-corrected chi connectivity index (χ3v) is 5.08. The smallest absolute Gasteiger partial charge is 0.268 e. The Labute approximate surface area is 170 Å². The fourth-order valence-corrected chi connectivity index (χ4v) is 3.62. The van der Waals surface area contributed by atoms with Gasteiger partial charge in [-0.25, -0.2) is 19.3 Å². The van der Waals surface area contributed by atoms with Gasteiger partial charge in [-0.2, -0.15) is 0 Å². The molecule has 3 aromatic heterocycles. The molecule has 0 spiro atoms. The van der Waals surface area contributed by atoms with Crippen molar-refractivity contribution in [3.63, 3.8) is 0 Å². The van der Waals surface area contributed by atoms with Gasteiger partial charge >= 0.3 is 0 Å². The molecule has 0 bridgehead atoms. The second kappa shape index (κ2) is 6.83. The lowest BCUT2D eigenvalue weighted by molar-refractivity contribution is 0.0996. The lowest BCUT2D eigenvalue weighted by Gasteiger charge is -2.13. The molecule has 0 saturated heterocycles. The molecule has 30 heavy (non-hydrogen) atoms. The maximum Gasteiger partial charge on any atom is 0.268 e. The number of anilines is 1. The number of imidazole rings is 2. The summed E-state index contributed by atoms with van der Waals surface area (Å²) >= 11 is 0. The summed E-state index contributed by atoms with van der Waals surface area (Å²) in [6.45, 7) is 2.61. The van der Waals surface area contributed by atoms with E-state index >= 15 is 0 Å². The van der Waals surface area contributed by atoms with Gasteiger partial charge in [-0.05, 0) is 19.1 Å². The first-order valence-corrected chi connectivity index (χ1v) is 9.37. The summed E-state index contributed by atoms with van der Waals surface area (Å²) in [5.74, 6) is 0.149. The van der Waals surface area contributed by atoms with Gasteiger partial charge in [0.15, 0.2) is 5.65 Å². The third kappa shape index (κ3) is 2.93. The minimum Gasteiger partial charge on any atom is -0.493 e. The molecule has 5 rings (SSSR count). The summed E-state index contributed by atoms with van der Waals surface area (Å²) in [6, 6.07) is 3.05. The van der Waals surface area contributed by atoms with Crippen molar-refractivity contribution in [1.29, 1.82) is 0 Å². The van der Waals surface area contributed by atoms with E-state index in [0.29, 0.717) is 41.6 Å². The zero-order chi connectivity index (χ0) is 20.8. The van der Waals surface area contributed by atoms with Crippen LogP contribution in [0.3, 0.4) is 0 Å². The summed E-state index contributed by atoms with van der Waals surface area (Å²) < 4.78 is 23.4. The summed E-state index contributed by atoms with van der Waals surface area (Å²) in [5, 5.41) is 3.15. The molecular formula is C20H18FN7O2. The Kier molecular flexibility index (Phi) is 4.12. The van der Waals surface area contributed by atoms with Crippen LogP contribution in [0.25, 0.3) is 11.3 Å². The molecule has 1 aromatic carbocycles. The van der Waals surface area contributed by atoms with Crippen LogP contribution in [0.2, 0.25) is 0 Å². The lowest BCUT2D eigenvalue weighted by atomic mass is 10.0. The lowest BCUT2D eigenvalue weighted by Crippen LogP contribution is -2.11. The number of benzene rings is 1. The number of hydrogen-bond acceptors (Lipinski definition) is 6. The first-order chi connectivity index (χ1) is 14.5. The Bertz CT molecular complexity index is 1290. The standard InChI is InChI=1S/C20H18FN7O2/c1-11-8-27(10-25-11)16-7-24-20(28-9-15(18(22)29)26-19(16)28)23-6-13-12-4-5-30-17(12)3-2-14(13)21/h2-3,7-10H,4-6H2,1H3,(H2,22,29)(H,23,24). The number of amides is 1. The van der Waals surface area contributed by atoms with Crippen molar-refractivity contribution in [3.05, 3.63) is 65.4 Å². The highest BCUT2D eigenvalue weighted by Gasteiger charge is 2.20. The first-order valence-electron chi connectivity index (χ1n) is 9.37. The van der Waals surface area contributed by atoms with Crippen molar-refractivity contribution in [2.45, 2.75) is 19.9 Å². The number of aromatic nitrogens is 5. The number of halogens is 1. The average molecular weight is 407 g/mol. The maximum atomic E-state index is 14.5. The zero-order valence-electron chi connectivity index (χ0n) is 16.1. The summed E-state index contributed by atoms with van der Waals surface area (Å²) in [7, 11) is 0. The molecule has 0 unspecified atom stereocenters. The van der Waals surface area contributed by atoms with Crippen molar-refractivity contribution in [1.82, 2.24) is 23.9 Å². The molecule has 10 heteroatoms. The van der Waals surface area contributed by atoms with Gasteiger partial charge in [-0.15, -0.1) is 0 Å². The van der Waals surface area contributed by atoms with E-state index in [1.165, 1.54) is 12.3 Å². The van der Waals surface area contributed by atoms with Crippen molar-refractivity contribution in [2.24, 2.45) is 5.73 Å². The van der Waals surface area contributed by atoms with E-state index in [9.17, 15) is 9.18 Å². The Balaban J connectivity index is 1.56. The largest absolute Gasteiger partial charge is 0.493 e. The molecule has 4 aromatic rings. The second-order valence-corrected chi connectivity index (χ2v) is 7.03. The predicted octanol–water partition coefficient (Wildman–Crippen LogP) is 2.01. The number of ether oxygens (including phenoxy) is 1. The van der Waals surface area contributed by atoms with Crippen molar-refractivity contribution in [3.8, 4) is 11.4 Å². The number of nitrogens with two attached hydrogens (primary N) is 1. The molecule has 0 saturated carbocycles. The van der Waals surface area contributed by atoms with Crippen LogP contribution in [0.5, 0.6) is 5.75 Å². The number of carbonyl (C=O) groups excluding carboxylic acids is 1. The molecule has 0 atom stereocenters. The quantitative estimate of drug-likeness (QED) is 0.523. The Morgan fingerprint density at radius 2 is 2.20 bits per heavy atom. The topological polar surface area (TPSA) is 112 Å². The van der Waals surface area contributed by atoms with Crippen LogP contribution >= 0.6 is 0 Å². The molecule has 0 fully saturated rings. The molecule has 1 amide bonds. The van der Waals surface area contributed by atoms with Gasteiger partial charge in [0.25, 0.3) is 5.91 Å². The Morgan fingerprint density at radius 1 is 1.33 bits per heavy atom. The zero-order valence-corrected chi connectivity index (χ0v) is 16.1. The number of fused-ring (bicyclic) bond motifs is 2. The number of aryl methyl sites for hydroxylation is 1. The van der Waals surface area contributed by atoms with Crippen molar-refractivity contribution in [2.75, 3.05) is 11.9 Å². The molecule has 0 aliphatic carbocycles. The normalized spacial score (nSPS) is 12.7. The van der Waals surface area contributed by atoms with Gasteiger partial charge in [0.05, 0.1) is 24.8 Å². The molecule has 152 valence electrons. The van der Waals surface area contributed by atoms with E-state index in [1.54, 1.807) is 27.6 Å². The monoisotopic (exact) mass is 407 g/mol. The van der Waals surface area contributed by atoms with Crippen LogP contribution in [0.1, 0.15) is 27.3 Å². The van der Waals surface area contributed by atoms with Gasteiger partial charge in [-0.1, -0.05) is 0 Å². The number of nitrogens with zero attached hydrogens (tertiary/aromatic N) is 5. The van der Waals surface area contributed by atoms with Gasteiger partial charge in [0.1, 0.15) is 22.9 Å². The average Bonchev–Trinajstić information content (AvgIpc) is 3.46. The van der Waals surface area contributed by atoms with Crippen LogP contribution < -0.4 is 15.8 Å². The first kappa shape index (κ1) is 18.1. The highest BCUT2D eigenvalue weighted by molar-refractivity contribution is 5.92. The molecule has 3 N–H and O–H groups in total. The van der Waals surface area contributed by atoms with Crippen molar-refractivity contribution < 1.29 is 13.9 Å². The molecule has 1 aliphatic rings. The van der Waals surface area contributed by atoms with Crippen LogP contribution in [-0.4, -0.2) is 36.4 Å². The third-order valence-electron chi connectivity index (χ3n) is 5.08. The van der Waals surface area contributed by atoms with E-state index in [4.69, 9.17) is 10.5 Å². The van der Waals surface area contributed by atoms with Gasteiger partial charge in [0, 0.05) is 36.5 Å². The molecule has 0 radical (unpaired) electrons.